The number of aliphatic carboxylic acids is 1. The first-order chi connectivity index (χ1) is 5.84. The van der Waals surface area contributed by atoms with E-state index in [1.54, 1.807) is 0 Å². The molecule has 1 aliphatic rings. The summed E-state index contributed by atoms with van der Waals surface area (Å²) >= 11 is 0. The molecule has 0 radical (unpaired) electrons. The molecule has 0 amide bonds. The first-order valence-corrected chi connectivity index (χ1v) is 3.12. The zero-order chi connectivity index (χ0) is 10.2. The highest BCUT2D eigenvalue weighted by Gasteiger charge is 2.25. The van der Waals surface area contributed by atoms with E-state index in [4.69, 9.17) is 21.8 Å². The summed E-state index contributed by atoms with van der Waals surface area (Å²) in [6.45, 7) is 0. The highest BCUT2D eigenvalue weighted by Crippen LogP contribution is 2.16. The van der Waals surface area contributed by atoms with Gasteiger partial charge in [0.2, 0.25) is 0 Å². The van der Waals surface area contributed by atoms with E-state index < -0.39 is 29.5 Å². The zero-order valence-electron chi connectivity index (χ0n) is 6.93. The van der Waals surface area contributed by atoms with E-state index in [0.29, 0.717) is 6.08 Å². The molecule has 4 N–H and O–H groups in total. The minimum Gasteiger partial charge on any atom is -0.509 e. The maximum Gasteiger partial charge on any atom is 0.335 e. The van der Waals surface area contributed by atoms with Crippen LogP contribution in [-0.2, 0) is 4.79 Å². The van der Waals surface area contributed by atoms with Gasteiger partial charge < -0.3 is 20.4 Å². The molecule has 66 valence electrons. The third-order valence-corrected chi connectivity index (χ3v) is 1.41. The van der Waals surface area contributed by atoms with Gasteiger partial charge >= 0.3 is 5.97 Å². The Balaban J connectivity index is 3.11. The van der Waals surface area contributed by atoms with E-state index in [1.165, 1.54) is 0 Å². The number of carboxylic acid groups (broad SMARTS) is 1. The number of aliphatic hydroxyl groups is 3. The summed E-state index contributed by atoms with van der Waals surface area (Å²) < 4.78 is 7.05. The maximum atomic E-state index is 10.4. The van der Waals surface area contributed by atoms with E-state index in [0.717, 1.165) is 6.08 Å². The molecule has 1 aliphatic carbocycles. The summed E-state index contributed by atoms with van der Waals surface area (Å²) in [5.74, 6) is -2.12. The van der Waals surface area contributed by atoms with Gasteiger partial charge in [-0.25, -0.2) is 4.79 Å². The third-order valence-electron chi connectivity index (χ3n) is 1.41. The lowest BCUT2D eigenvalue weighted by atomic mass is 10.0. The third kappa shape index (κ3) is 1.46. The Bertz CT molecular complexity index is 304. The van der Waals surface area contributed by atoms with E-state index in [1.807, 2.05) is 0 Å². The molecule has 12 heavy (non-hydrogen) atoms. The minimum atomic E-state index is -2.49. The molecular formula is C7H8O5. The average molecular weight is 173 g/mol. The van der Waals surface area contributed by atoms with Crippen LogP contribution in [-0.4, -0.2) is 38.6 Å². The molecule has 0 heterocycles. The molecule has 0 spiro atoms. The molecular weight excluding hydrogens is 164 g/mol. The van der Waals surface area contributed by atoms with Gasteiger partial charge in [-0.2, -0.15) is 0 Å². The predicted molar refractivity (Wildman–Crippen MR) is 38.4 cm³/mol. The number of hydrogen-bond donors (Lipinski definition) is 4. The minimum absolute atomic E-state index is 0.430. The van der Waals surface area contributed by atoms with E-state index in [2.05, 4.69) is 0 Å². The van der Waals surface area contributed by atoms with Crippen molar-refractivity contribution in [1.29, 1.82) is 0 Å². The Hall–Kier alpha value is -1.33. The Labute approximate surface area is 69.3 Å². The summed E-state index contributed by atoms with van der Waals surface area (Å²) in [4.78, 5) is 10.4. The molecule has 5 heteroatoms. The second-order valence-corrected chi connectivity index (χ2v) is 2.30. The lowest BCUT2D eigenvalue weighted by Gasteiger charge is -2.18. The van der Waals surface area contributed by atoms with E-state index in [-0.39, 0.29) is 0 Å². The molecule has 1 rings (SSSR count). The predicted octanol–water partition coefficient (Wildman–Crippen LogP) is -0.825. The molecule has 0 aromatic carbocycles. The first kappa shape index (κ1) is 7.33. The number of carbonyl (C=O) groups is 1. The van der Waals surface area contributed by atoms with Crippen LogP contribution < -0.4 is 0 Å². The Morgan fingerprint density at radius 3 is 2.58 bits per heavy atom. The average Bonchev–Trinajstić information content (AvgIpc) is 1.99. The van der Waals surface area contributed by atoms with Crippen LogP contribution in [0.2, 0.25) is 0 Å². The van der Waals surface area contributed by atoms with Crippen molar-refractivity contribution in [1.82, 2.24) is 0 Å². The SMILES string of the molecule is [2H]C1(O)C=C(C(=O)O)C=C(O)C1O. The maximum absolute atomic E-state index is 10.4. The fraction of sp³-hybridized carbons (Fsp3) is 0.286. The van der Waals surface area contributed by atoms with Crippen molar-refractivity contribution >= 4 is 5.97 Å². The molecule has 0 saturated carbocycles. The Morgan fingerprint density at radius 1 is 1.58 bits per heavy atom. The van der Waals surface area contributed by atoms with Crippen LogP contribution in [0.15, 0.2) is 23.5 Å². The van der Waals surface area contributed by atoms with Crippen LogP contribution in [0.25, 0.3) is 0 Å². The van der Waals surface area contributed by atoms with Crippen LogP contribution >= 0.6 is 0 Å². The van der Waals surface area contributed by atoms with Crippen molar-refractivity contribution in [3.8, 4) is 0 Å². The first-order valence-electron chi connectivity index (χ1n) is 3.62. The van der Waals surface area contributed by atoms with Gasteiger partial charge in [-0.05, 0) is 12.2 Å². The summed E-state index contributed by atoms with van der Waals surface area (Å²) in [6, 6.07) is 0. The fourth-order valence-corrected chi connectivity index (χ4v) is 0.793. The number of aliphatic hydroxyl groups excluding tert-OH is 2. The van der Waals surface area contributed by atoms with Gasteiger partial charge in [0.1, 0.15) is 17.9 Å². The van der Waals surface area contributed by atoms with Crippen LogP contribution in [0, 0.1) is 0 Å². The second kappa shape index (κ2) is 2.96. The number of hydrogen-bond acceptors (Lipinski definition) is 4. The quantitative estimate of drug-likeness (QED) is 0.415. The number of carboxylic acids is 1. The molecule has 0 aliphatic heterocycles. The highest BCUT2D eigenvalue weighted by molar-refractivity contribution is 5.90. The molecule has 0 fully saturated rings. The van der Waals surface area contributed by atoms with Gasteiger partial charge in [-0.1, -0.05) is 0 Å². The van der Waals surface area contributed by atoms with E-state index in [9.17, 15) is 4.79 Å². The van der Waals surface area contributed by atoms with Crippen molar-refractivity contribution in [3.63, 3.8) is 0 Å². The normalized spacial score (nSPS) is 36.5. The van der Waals surface area contributed by atoms with Crippen LogP contribution in [0.5, 0.6) is 0 Å². The molecule has 5 nitrogen and oxygen atoms in total. The molecule has 2 unspecified atom stereocenters. The van der Waals surface area contributed by atoms with Gasteiger partial charge in [0.15, 0.2) is 0 Å². The van der Waals surface area contributed by atoms with Crippen molar-refractivity contribution in [2.24, 2.45) is 0 Å². The lowest BCUT2D eigenvalue weighted by Crippen LogP contribution is -2.29. The summed E-state index contributed by atoms with van der Waals surface area (Å²) in [7, 11) is 0. The van der Waals surface area contributed by atoms with Crippen molar-refractivity contribution < 1.29 is 26.6 Å². The standard InChI is InChI=1S/C7H8O5/c8-4-1-3(7(11)12)2-5(9)6(4)10/h1-2,4,6,8-10H,(H,11,12)/i4D. The lowest BCUT2D eigenvalue weighted by molar-refractivity contribution is -0.132. The van der Waals surface area contributed by atoms with Crippen LogP contribution in [0.4, 0.5) is 0 Å². The van der Waals surface area contributed by atoms with Crippen molar-refractivity contribution in [2.75, 3.05) is 0 Å². The molecule has 0 bridgehead atoms. The van der Waals surface area contributed by atoms with Crippen molar-refractivity contribution in [2.45, 2.75) is 12.2 Å². The van der Waals surface area contributed by atoms with E-state index >= 15 is 0 Å². The highest BCUT2D eigenvalue weighted by atomic mass is 16.4. The summed E-state index contributed by atoms with van der Waals surface area (Å²) in [6.07, 6.45) is -2.86. The fourth-order valence-electron chi connectivity index (χ4n) is 0.793. The van der Waals surface area contributed by atoms with Crippen LogP contribution in [0.1, 0.15) is 1.37 Å². The molecule has 0 aromatic rings. The molecule has 2 atom stereocenters. The van der Waals surface area contributed by atoms with Gasteiger partial charge in [0.05, 0.1) is 6.94 Å². The topological polar surface area (TPSA) is 98.0 Å². The zero-order valence-corrected chi connectivity index (χ0v) is 5.93. The Kier molecular flexibility index (Phi) is 1.81. The smallest absolute Gasteiger partial charge is 0.335 e. The monoisotopic (exact) mass is 173 g/mol. The molecule has 0 saturated heterocycles. The second-order valence-electron chi connectivity index (χ2n) is 2.30. The van der Waals surface area contributed by atoms with Gasteiger partial charge in [-0.15, -0.1) is 0 Å². The van der Waals surface area contributed by atoms with Gasteiger partial charge in [0, 0.05) is 0 Å². The number of rotatable bonds is 1. The van der Waals surface area contributed by atoms with Gasteiger partial charge in [-0.3, -0.25) is 0 Å². The largest absolute Gasteiger partial charge is 0.509 e. The Morgan fingerprint density at radius 2 is 2.17 bits per heavy atom. The van der Waals surface area contributed by atoms with Crippen LogP contribution in [0.3, 0.4) is 0 Å². The van der Waals surface area contributed by atoms with Crippen molar-refractivity contribution in [3.05, 3.63) is 23.5 Å². The summed E-state index contributed by atoms with van der Waals surface area (Å²) in [5.41, 5.74) is -0.430. The summed E-state index contributed by atoms with van der Waals surface area (Å²) in [5, 5.41) is 35.6. The molecule has 0 aromatic heterocycles. The van der Waals surface area contributed by atoms with Gasteiger partial charge in [0.25, 0.3) is 0 Å².